The van der Waals surface area contributed by atoms with Crippen molar-refractivity contribution in [2.75, 3.05) is 18.5 Å². The van der Waals surface area contributed by atoms with E-state index in [0.717, 1.165) is 4.47 Å². The van der Waals surface area contributed by atoms with Crippen molar-refractivity contribution in [3.8, 4) is 5.75 Å². The number of carbonyl (C=O) groups is 2. The summed E-state index contributed by atoms with van der Waals surface area (Å²) in [7, 11) is 0. The summed E-state index contributed by atoms with van der Waals surface area (Å²) in [5.74, 6) is -0.358. The number of ether oxygens (including phenoxy) is 1. The number of anilines is 1. The SMILES string of the molecule is C=CCOc1ccc(Br)cc1NC(=O)NCCCC(=O)O. The van der Waals surface area contributed by atoms with Crippen LogP contribution in [0.4, 0.5) is 10.5 Å². The van der Waals surface area contributed by atoms with Crippen LogP contribution in [0, 0.1) is 0 Å². The molecule has 0 aliphatic rings. The van der Waals surface area contributed by atoms with Gasteiger partial charge in [-0.05, 0) is 24.6 Å². The molecule has 0 unspecified atom stereocenters. The highest BCUT2D eigenvalue weighted by atomic mass is 79.9. The molecule has 2 amide bonds. The third-order valence-electron chi connectivity index (χ3n) is 2.40. The molecular weight excluding hydrogens is 340 g/mol. The number of halogens is 1. The molecule has 0 aliphatic carbocycles. The maximum absolute atomic E-state index is 11.7. The zero-order chi connectivity index (χ0) is 15.7. The lowest BCUT2D eigenvalue weighted by atomic mass is 10.3. The summed E-state index contributed by atoms with van der Waals surface area (Å²) in [5.41, 5.74) is 0.516. The molecule has 0 aromatic heterocycles. The first-order chi connectivity index (χ1) is 10.0. The molecule has 0 aliphatic heterocycles. The first-order valence-corrected chi connectivity index (χ1v) is 7.12. The fraction of sp³-hybridized carbons (Fsp3) is 0.286. The molecule has 1 rings (SSSR count). The first-order valence-electron chi connectivity index (χ1n) is 6.33. The maximum atomic E-state index is 11.7. The van der Waals surface area contributed by atoms with Crippen molar-refractivity contribution >= 4 is 33.6 Å². The Labute approximate surface area is 131 Å². The van der Waals surface area contributed by atoms with Crippen LogP contribution in [0.5, 0.6) is 5.75 Å². The van der Waals surface area contributed by atoms with Gasteiger partial charge in [0.25, 0.3) is 0 Å². The summed E-state index contributed by atoms with van der Waals surface area (Å²) in [4.78, 5) is 22.1. The molecule has 1 aromatic rings. The number of benzene rings is 1. The molecule has 1 aromatic carbocycles. The predicted octanol–water partition coefficient (Wildman–Crippen LogP) is 3.00. The van der Waals surface area contributed by atoms with Gasteiger partial charge in [-0.2, -0.15) is 0 Å². The number of urea groups is 1. The molecule has 0 saturated heterocycles. The van der Waals surface area contributed by atoms with Gasteiger partial charge in [-0.15, -0.1) is 0 Å². The molecule has 0 spiro atoms. The molecule has 0 fully saturated rings. The van der Waals surface area contributed by atoms with E-state index in [0.29, 0.717) is 24.5 Å². The average Bonchev–Trinajstić information content (AvgIpc) is 2.42. The van der Waals surface area contributed by atoms with Crippen molar-refractivity contribution in [2.45, 2.75) is 12.8 Å². The number of hydrogen-bond donors (Lipinski definition) is 3. The van der Waals surface area contributed by atoms with Gasteiger partial charge in [0.1, 0.15) is 12.4 Å². The van der Waals surface area contributed by atoms with Crippen LogP contribution in [0.3, 0.4) is 0 Å². The minimum absolute atomic E-state index is 0.0187. The van der Waals surface area contributed by atoms with Crippen LogP contribution in [0.25, 0.3) is 0 Å². The fourth-order valence-electron chi connectivity index (χ4n) is 1.48. The largest absolute Gasteiger partial charge is 0.487 e. The first kappa shape index (κ1) is 17.0. The molecular formula is C14H17BrN2O4. The minimum Gasteiger partial charge on any atom is -0.487 e. The molecule has 21 heavy (non-hydrogen) atoms. The number of hydrogen-bond acceptors (Lipinski definition) is 3. The second-order valence-corrected chi connectivity index (χ2v) is 5.03. The normalized spacial score (nSPS) is 9.76. The predicted molar refractivity (Wildman–Crippen MR) is 83.7 cm³/mol. The Bertz CT molecular complexity index is 520. The molecule has 3 N–H and O–H groups in total. The van der Waals surface area contributed by atoms with E-state index in [9.17, 15) is 9.59 Å². The summed E-state index contributed by atoms with van der Waals surface area (Å²) in [5, 5.41) is 13.8. The molecule has 0 radical (unpaired) electrons. The van der Waals surface area contributed by atoms with Gasteiger partial charge in [-0.3, -0.25) is 4.79 Å². The highest BCUT2D eigenvalue weighted by molar-refractivity contribution is 9.10. The van der Waals surface area contributed by atoms with Crippen molar-refractivity contribution in [1.82, 2.24) is 5.32 Å². The van der Waals surface area contributed by atoms with Gasteiger partial charge in [0, 0.05) is 17.4 Å². The van der Waals surface area contributed by atoms with Crippen LogP contribution in [-0.2, 0) is 4.79 Å². The zero-order valence-corrected chi connectivity index (χ0v) is 13.0. The quantitative estimate of drug-likeness (QED) is 0.493. The Morgan fingerprint density at radius 1 is 1.43 bits per heavy atom. The Morgan fingerprint density at radius 2 is 2.19 bits per heavy atom. The summed E-state index contributed by atoms with van der Waals surface area (Å²) in [6.45, 7) is 4.18. The minimum atomic E-state index is -0.885. The number of amides is 2. The number of rotatable bonds is 8. The monoisotopic (exact) mass is 356 g/mol. The molecule has 0 bridgehead atoms. The van der Waals surface area contributed by atoms with Gasteiger partial charge < -0.3 is 20.5 Å². The van der Waals surface area contributed by atoms with E-state index in [1.54, 1.807) is 24.3 Å². The number of aliphatic carboxylic acids is 1. The van der Waals surface area contributed by atoms with Crippen LogP contribution in [0.15, 0.2) is 35.3 Å². The maximum Gasteiger partial charge on any atom is 0.319 e. The van der Waals surface area contributed by atoms with E-state index in [-0.39, 0.29) is 13.0 Å². The smallest absolute Gasteiger partial charge is 0.319 e. The number of carboxylic acid groups (broad SMARTS) is 1. The van der Waals surface area contributed by atoms with Crippen LogP contribution >= 0.6 is 15.9 Å². The standard InChI is InChI=1S/C14H17BrN2O4/c1-2-8-21-12-6-5-10(15)9-11(12)17-14(20)16-7-3-4-13(18)19/h2,5-6,9H,1,3-4,7-8H2,(H,18,19)(H2,16,17,20). The van der Waals surface area contributed by atoms with Gasteiger partial charge in [0.2, 0.25) is 0 Å². The summed E-state index contributed by atoms with van der Waals surface area (Å²) in [6.07, 6.45) is 2.00. The second kappa shape index (κ2) is 9.02. The fourth-order valence-corrected chi connectivity index (χ4v) is 1.84. The molecule has 0 atom stereocenters. The second-order valence-electron chi connectivity index (χ2n) is 4.12. The zero-order valence-electron chi connectivity index (χ0n) is 11.4. The van der Waals surface area contributed by atoms with Crippen LogP contribution in [-0.4, -0.2) is 30.3 Å². The Hall–Kier alpha value is -2.02. The van der Waals surface area contributed by atoms with Gasteiger partial charge in [0.05, 0.1) is 5.69 Å². The lowest BCUT2D eigenvalue weighted by Crippen LogP contribution is -2.30. The Balaban J connectivity index is 2.55. The third kappa shape index (κ3) is 6.80. The van der Waals surface area contributed by atoms with Crippen molar-refractivity contribution in [1.29, 1.82) is 0 Å². The van der Waals surface area contributed by atoms with E-state index in [1.165, 1.54) is 0 Å². The number of nitrogens with one attached hydrogen (secondary N) is 2. The lowest BCUT2D eigenvalue weighted by Gasteiger charge is -2.12. The van der Waals surface area contributed by atoms with Crippen LogP contribution in [0.2, 0.25) is 0 Å². The summed E-state index contributed by atoms with van der Waals surface area (Å²) in [6, 6.07) is 4.83. The van der Waals surface area contributed by atoms with Crippen molar-refractivity contribution < 1.29 is 19.4 Å². The van der Waals surface area contributed by atoms with Gasteiger partial charge >= 0.3 is 12.0 Å². The van der Waals surface area contributed by atoms with E-state index >= 15 is 0 Å². The van der Waals surface area contributed by atoms with Crippen LogP contribution < -0.4 is 15.4 Å². The van der Waals surface area contributed by atoms with E-state index in [1.807, 2.05) is 0 Å². The Morgan fingerprint density at radius 3 is 2.86 bits per heavy atom. The molecule has 0 heterocycles. The summed E-state index contributed by atoms with van der Waals surface area (Å²) >= 11 is 3.32. The van der Waals surface area contributed by atoms with E-state index < -0.39 is 12.0 Å². The molecule has 0 saturated carbocycles. The van der Waals surface area contributed by atoms with E-state index in [4.69, 9.17) is 9.84 Å². The van der Waals surface area contributed by atoms with Crippen molar-refractivity contribution in [3.05, 3.63) is 35.3 Å². The van der Waals surface area contributed by atoms with Crippen molar-refractivity contribution in [3.63, 3.8) is 0 Å². The van der Waals surface area contributed by atoms with Gasteiger partial charge in [-0.25, -0.2) is 4.79 Å². The van der Waals surface area contributed by atoms with Gasteiger partial charge in [-0.1, -0.05) is 28.6 Å². The third-order valence-corrected chi connectivity index (χ3v) is 2.89. The molecule has 114 valence electrons. The average molecular weight is 357 g/mol. The van der Waals surface area contributed by atoms with Crippen molar-refractivity contribution in [2.24, 2.45) is 0 Å². The van der Waals surface area contributed by atoms with Gasteiger partial charge in [0.15, 0.2) is 0 Å². The topological polar surface area (TPSA) is 87.7 Å². The molecule has 6 nitrogen and oxygen atoms in total. The summed E-state index contributed by atoms with van der Waals surface area (Å²) < 4.78 is 6.24. The van der Waals surface area contributed by atoms with E-state index in [2.05, 4.69) is 33.1 Å². The highest BCUT2D eigenvalue weighted by Crippen LogP contribution is 2.28. The number of carbonyl (C=O) groups excluding carboxylic acids is 1. The Kier molecular flexibility index (Phi) is 7.31. The highest BCUT2D eigenvalue weighted by Gasteiger charge is 2.08. The molecule has 7 heteroatoms. The number of carboxylic acids is 1. The lowest BCUT2D eigenvalue weighted by molar-refractivity contribution is -0.137. The van der Waals surface area contributed by atoms with Crippen LogP contribution in [0.1, 0.15) is 12.8 Å².